The molecule has 0 aromatic heterocycles. The van der Waals surface area contributed by atoms with Gasteiger partial charge in [-0.3, -0.25) is 9.69 Å². The highest BCUT2D eigenvalue weighted by atomic mass is 35.5. The van der Waals surface area contributed by atoms with Gasteiger partial charge in [-0.05, 0) is 43.9 Å². The fourth-order valence-corrected chi connectivity index (χ4v) is 5.16. The first-order valence-corrected chi connectivity index (χ1v) is 12.0. The van der Waals surface area contributed by atoms with Crippen molar-refractivity contribution in [2.24, 2.45) is 0 Å². The summed E-state index contributed by atoms with van der Waals surface area (Å²) in [5.41, 5.74) is 1.60. The Morgan fingerprint density at radius 2 is 1.84 bits per heavy atom. The monoisotopic (exact) mass is 461 g/mol. The molecule has 1 aromatic rings. The normalized spacial score (nSPS) is 20.6. The van der Waals surface area contributed by atoms with Crippen LogP contribution in [0, 0.1) is 6.92 Å². The molecule has 1 spiro atoms. The summed E-state index contributed by atoms with van der Waals surface area (Å²) >= 11 is 6.14. The van der Waals surface area contributed by atoms with E-state index in [9.17, 15) is 14.4 Å². The molecule has 1 aliphatic carbocycles. The van der Waals surface area contributed by atoms with Crippen molar-refractivity contribution in [1.82, 2.24) is 20.4 Å². The zero-order valence-electron chi connectivity index (χ0n) is 18.7. The number of piperazine rings is 1. The molecule has 1 aromatic carbocycles. The first-order valence-electron chi connectivity index (χ1n) is 11.6. The fraction of sp³-hybridized carbons (Fsp3) is 0.609. The van der Waals surface area contributed by atoms with Gasteiger partial charge in [-0.2, -0.15) is 0 Å². The quantitative estimate of drug-likeness (QED) is 0.521. The number of carbonyl (C=O) groups is 3. The van der Waals surface area contributed by atoms with E-state index in [2.05, 4.69) is 22.5 Å². The van der Waals surface area contributed by atoms with E-state index in [0.29, 0.717) is 37.6 Å². The number of halogens is 1. The molecule has 0 unspecified atom stereocenters. The summed E-state index contributed by atoms with van der Waals surface area (Å²) < 4.78 is 0. The predicted molar refractivity (Wildman–Crippen MR) is 124 cm³/mol. The van der Waals surface area contributed by atoms with Crippen LogP contribution in [0.2, 0.25) is 5.02 Å². The smallest absolute Gasteiger partial charge is 0.325 e. The molecule has 4 rings (SSSR count). The lowest BCUT2D eigenvalue weighted by Crippen LogP contribution is -2.52. The van der Waals surface area contributed by atoms with Gasteiger partial charge >= 0.3 is 12.1 Å². The minimum absolute atomic E-state index is 0.0963. The third-order valence-corrected chi connectivity index (χ3v) is 7.10. The molecule has 174 valence electrons. The maximum Gasteiger partial charge on any atom is 0.325 e. The van der Waals surface area contributed by atoms with Crippen molar-refractivity contribution >= 4 is 35.3 Å². The first kappa shape index (κ1) is 22.7. The number of benzene rings is 1. The van der Waals surface area contributed by atoms with Crippen LogP contribution in [0.15, 0.2) is 18.2 Å². The number of nitrogens with zero attached hydrogens (tertiary/aromatic N) is 3. The maximum atomic E-state index is 12.8. The number of hydrogen-bond donors (Lipinski definition) is 2. The van der Waals surface area contributed by atoms with E-state index in [1.54, 1.807) is 4.90 Å². The van der Waals surface area contributed by atoms with Crippen molar-refractivity contribution < 1.29 is 14.4 Å². The average Bonchev–Trinajstić information content (AvgIpc) is 3.02. The Morgan fingerprint density at radius 1 is 1.12 bits per heavy atom. The molecule has 3 fully saturated rings. The molecule has 2 heterocycles. The largest absolute Gasteiger partial charge is 0.368 e. The molecule has 32 heavy (non-hydrogen) atoms. The highest BCUT2D eigenvalue weighted by molar-refractivity contribution is 6.30. The van der Waals surface area contributed by atoms with Crippen LogP contribution in [0.5, 0.6) is 0 Å². The second kappa shape index (κ2) is 9.57. The van der Waals surface area contributed by atoms with E-state index in [-0.39, 0.29) is 18.0 Å². The van der Waals surface area contributed by atoms with E-state index < -0.39 is 5.54 Å². The molecule has 2 N–H and O–H groups in total. The van der Waals surface area contributed by atoms with E-state index in [0.717, 1.165) is 50.9 Å². The molecule has 2 aliphatic heterocycles. The van der Waals surface area contributed by atoms with E-state index in [4.69, 9.17) is 11.6 Å². The standard InChI is InChI=1S/C23H32ClN5O3/c1-17-6-7-18(24)16-19(17)27-12-14-28(15-13-27)21(31)25-10-5-11-29-20(30)23(26-22(29)32)8-3-2-4-9-23/h6-7,16H,2-5,8-15H2,1H3,(H,25,31)(H,26,32). The lowest BCUT2D eigenvalue weighted by atomic mass is 9.82. The summed E-state index contributed by atoms with van der Waals surface area (Å²) in [6, 6.07) is 5.47. The zero-order chi connectivity index (χ0) is 22.7. The van der Waals surface area contributed by atoms with Crippen LogP contribution in [0.1, 0.15) is 44.1 Å². The van der Waals surface area contributed by atoms with E-state index >= 15 is 0 Å². The topological polar surface area (TPSA) is 85.0 Å². The Bertz CT molecular complexity index is 878. The molecule has 0 bridgehead atoms. The van der Waals surface area contributed by atoms with Crippen LogP contribution in [0.4, 0.5) is 15.3 Å². The molecule has 0 radical (unpaired) electrons. The number of aryl methyl sites for hydroxylation is 1. The zero-order valence-corrected chi connectivity index (χ0v) is 19.4. The molecule has 5 amide bonds. The van der Waals surface area contributed by atoms with Gasteiger partial charge in [-0.1, -0.05) is 36.9 Å². The van der Waals surface area contributed by atoms with Crippen LogP contribution in [0.25, 0.3) is 0 Å². The van der Waals surface area contributed by atoms with Gasteiger partial charge in [0.25, 0.3) is 5.91 Å². The van der Waals surface area contributed by atoms with Crippen molar-refractivity contribution in [3.05, 3.63) is 28.8 Å². The highest BCUT2D eigenvalue weighted by Gasteiger charge is 2.50. The first-order chi connectivity index (χ1) is 15.4. The van der Waals surface area contributed by atoms with Crippen LogP contribution >= 0.6 is 11.6 Å². The number of anilines is 1. The van der Waals surface area contributed by atoms with Crippen LogP contribution in [-0.4, -0.2) is 72.6 Å². The van der Waals surface area contributed by atoms with Crippen molar-refractivity contribution in [2.75, 3.05) is 44.2 Å². The number of urea groups is 2. The van der Waals surface area contributed by atoms with E-state index in [1.165, 1.54) is 10.5 Å². The van der Waals surface area contributed by atoms with E-state index in [1.807, 2.05) is 18.2 Å². The van der Waals surface area contributed by atoms with Gasteiger partial charge in [0.05, 0.1) is 0 Å². The predicted octanol–water partition coefficient (Wildman–Crippen LogP) is 3.12. The minimum atomic E-state index is -0.681. The average molecular weight is 462 g/mol. The Hall–Kier alpha value is -2.48. The molecule has 8 nitrogen and oxygen atoms in total. The third-order valence-electron chi connectivity index (χ3n) is 6.87. The van der Waals surface area contributed by atoms with Crippen molar-refractivity contribution in [2.45, 2.75) is 51.0 Å². The summed E-state index contributed by atoms with van der Waals surface area (Å²) in [6.45, 7) is 5.58. The molecule has 2 saturated heterocycles. The van der Waals surface area contributed by atoms with Crippen LogP contribution in [-0.2, 0) is 4.79 Å². The Balaban J connectivity index is 1.19. The summed E-state index contributed by atoms with van der Waals surface area (Å²) in [4.78, 5) is 43.0. The molecular weight excluding hydrogens is 430 g/mol. The minimum Gasteiger partial charge on any atom is -0.368 e. The Kier molecular flexibility index (Phi) is 6.79. The number of rotatable bonds is 5. The van der Waals surface area contributed by atoms with Gasteiger partial charge in [-0.25, -0.2) is 9.59 Å². The number of carbonyl (C=O) groups excluding carboxylic acids is 3. The fourth-order valence-electron chi connectivity index (χ4n) is 4.99. The highest BCUT2D eigenvalue weighted by Crippen LogP contribution is 2.33. The van der Waals surface area contributed by atoms with Crippen LogP contribution in [0.3, 0.4) is 0 Å². The number of hydrogen-bond acceptors (Lipinski definition) is 4. The molecule has 0 atom stereocenters. The third kappa shape index (κ3) is 4.65. The summed E-state index contributed by atoms with van der Waals surface area (Å²) in [6.07, 6.45) is 5.06. The molecular formula is C23H32ClN5O3. The SMILES string of the molecule is Cc1ccc(Cl)cc1N1CCN(C(=O)NCCCN2C(=O)NC3(CCCCC3)C2=O)CC1. The van der Waals surface area contributed by atoms with Gasteiger partial charge in [-0.15, -0.1) is 0 Å². The lowest BCUT2D eigenvalue weighted by molar-refractivity contribution is -0.132. The summed E-state index contributed by atoms with van der Waals surface area (Å²) in [5, 5.41) is 6.57. The Labute approximate surface area is 194 Å². The van der Waals surface area contributed by atoms with Gasteiger partial charge in [0.2, 0.25) is 0 Å². The van der Waals surface area contributed by atoms with Crippen molar-refractivity contribution in [1.29, 1.82) is 0 Å². The number of imide groups is 1. The van der Waals surface area contributed by atoms with Gasteiger partial charge in [0.1, 0.15) is 5.54 Å². The second-order valence-electron chi connectivity index (χ2n) is 9.02. The van der Waals surface area contributed by atoms with Gasteiger partial charge in [0.15, 0.2) is 0 Å². The number of amides is 5. The van der Waals surface area contributed by atoms with Gasteiger partial charge in [0, 0.05) is 50.0 Å². The summed E-state index contributed by atoms with van der Waals surface area (Å²) in [5.74, 6) is -0.0963. The van der Waals surface area contributed by atoms with Gasteiger partial charge < -0.3 is 20.4 Å². The maximum absolute atomic E-state index is 12.8. The second-order valence-corrected chi connectivity index (χ2v) is 9.46. The van der Waals surface area contributed by atoms with Crippen molar-refractivity contribution in [3.63, 3.8) is 0 Å². The number of nitrogens with one attached hydrogen (secondary N) is 2. The molecule has 3 aliphatic rings. The molecule has 1 saturated carbocycles. The van der Waals surface area contributed by atoms with Crippen molar-refractivity contribution in [3.8, 4) is 0 Å². The van der Waals surface area contributed by atoms with Crippen LogP contribution < -0.4 is 15.5 Å². The molecule has 9 heteroatoms. The summed E-state index contributed by atoms with van der Waals surface area (Å²) in [7, 11) is 0. The lowest BCUT2D eigenvalue weighted by Gasteiger charge is -2.36. The Morgan fingerprint density at radius 3 is 2.56 bits per heavy atom.